The van der Waals surface area contributed by atoms with Gasteiger partial charge in [-0.05, 0) is 94.4 Å². The Hall–Kier alpha value is -1.10. The number of hydrazone groups is 1. The Morgan fingerprint density at radius 1 is 1.12 bits per heavy atom. The number of halogens is 4. The number of carbonyl (C=O) groups excluding carboxylic acids is 1. The third-order valence-electron chi connectivity index (χ3n) is 3.08. The van der Waals surface area contributed by atoms with Crippen LogP contribution in [-0.4, -0.2) is 28.9 Å². The summed E-state index contributed by atoms with van der Waals surface area (Å²) in [5.41, 5.74) is 3.64. The van der Waals surface area contributed by atoms with Gasteiger partial charge < -0.3 is 14.9 Å². The maximum absolute atomic E-state index is 11.9. The zero-order valence-corrected chi connectivity index (χ0v) is 19.5. The lowest BCUT2D eigenvalue weighted by atomic mass is 10.2. The number of aromatic hydroxyl groups is 2. The zero-order chi connectivity index (χ0) is 19.4. The van der Waals surface area contributed by atoms with Crippen molar-refractivity contribution in [2.75, 3.05) is 6.61 Å². The predicted octanol–water partition coefficient (Wildman–Crippen LogP) is 4.99. The van der Waals surface area contributed by atoms with Gasteiger partial charge in [-0.1, -0.05) is 0 Å². The van der Waals surface area contributed by atoms with E-state index in [1.165, 1.54) is 12.3 Å². The normalized spacial score (nSPS) is 11.0. The van der Waals surface area contributed by atoms with Gasteiger partial charge in [0.2, 0.25) is 0 Å². The Kier molecular flexibility index (Phi) is 7.51. The number of aryl methyl sites for hydroxylation is 1. The molecule has 26 heavy (non-hydrogen) atoms. The summed E-state index contributed by atoms with van der Waals surface area (Å²) in [6.45, 7) is 1.70. The van der Waals surface area contributed by atoms with E-state index in [0.717, 1.165) is 14.5 Å². The highest BCUT2D eigenvalue weighted by atomic mass is 79.9. The number of rotatable bonds is 5. The van der Waals surface area contributed by atoms with Gasteiger partial charge in [-0.2, -0.15) is 5.10 Å². The molecule has 10 heteroatoms. The fraction of sp³-hybridized carbons (Fsp3) is 0.125. The fourth-order valence-corrected chi connectivity index (χ4v) is 4.68. The van der Waals surface area contributed by atoms with E-state index in [9.17, 15) is 15.0 Å². The standard InChI is InChI=1S/C16H12Br4N2O4/c1-7-2-10(18)16(11(19)3-7)26-6-12(23)22-21-5-8-4-9(17)15(25)13(20)14(8)24/h2-5,24-25H,6H2,1H3,(H,22,23)/b21-5-. The lowest BCUT2D eigenvalue weighted by Gasteiger charge is -2.10. The number of hydrogen-bond acceptors (Lipinski definition) is 5. The van der Waals surface area contributed by atoms with Gasteiger partial charge in [0.15, 0.2) is 6.61 Å². The SMILES string of the molecule is Cc1cc(Br)c(OCC(=O)N/N=C\c2cc(Br)c(O)c(Br)c2O)c(Br)c1. The number of carbonyl (C=O) groups is 1. The van der Waals surface area contributed by atoms with Gasteiger partial charge in [-0.15, -0.1) is 0 Å². The van der Waals surface area contributed by atoms with Crippen molar-refractivity contribution in [3.05, 3.63) is 47.2 Å². The lowest BCUT2D eigenvalue weighted by Crippen LogP contribution is -2.24. The molecule has 1 amide bonds. The van der Waals surface area contributed by atoms with Crippen LogP contribution < -0.4 is 10.2 Å². The monoisotopic (exact) mass is 612 g/mol. The molecule has 2 aromatic carbocycles. The first kappa shape index (κ1) is 21.2. The van der Waals surface area contributed by atoms with Crippen LogP contribution in [0.2, 0.25) is 0 Å². The van der Waals surface area contributed by atoms with E-state index >= 15 is 0 Å². The van der Waals surface area contributed by atoms with E-state index in [-0.39, 0.29) is 22.6 Å². The second-order valence-corrected chi connectivity index (χ2v) is 8.45. The molecule has 2 aromatic rings. The molecule has 0 atom stereocenters. The van der Waals surface area contributed by atoms with Crippen molar-refractivity contribution in [3.8, 4) is 17.2 Å². The molecule has 3 N–H and O–H groups in total. The summed E-state index contributed by atoms with van der Waals surface area (Å²) in [5.74, 6) is -0.297. The minimum absolute atomic E-state index is 0.122. The lowest BCUT2D eigenvalue weighted by molar-refractivity contribution is -0.123. The Bertz CT molecular complexity index is 864. The molecule has 0 fully saturated rings. The first-order valence-corrected chi connectivity index (χ1v) is 10.2. The molecular weight excluding hydrogens is 604 g/mol. The van der Waals surface area contributed by atoms with Crippen LogP contribution >= 0.6 is 63.7 Å². The molecule has 0 aliphatic heterocycles. The van der Waals surface area contributed by atoms with Gasteiger partial charge >= 0.3 is 0 Å². The molecule has 0 aromatic heterocycles. The van der Waals surface area contributed by atoms with Crippen LogP contribution in [0.4, 0.5) is 0 Å². The van der Waals surface area contributed by atoms with Crippen molar-refractivity contribution in [3.63, 3.8) is 0 Å². The van der Waals surface area contributed by atoms with Crippen molar-refractivity contribution >= 4 is 75.8 Å². The molecule has 6 nitrogen and oxygen atoms in total. The second kappa shape index (κ2) is 9.20. The van der Waals surface area contributed by atoms with Crippen molar-refractivity contribution in [1.82, 2.24) is 5.43 Å². The zero-order valence-electron chi connectivity index (χ0n) is 13.2. The van der Waals surface area contributed by atoms with Crippen LogP contribution in [0.25, 0.3) is 0 Å². The van der Waals surface area contributed by atoms with Crippen molar-refractivity contribution < 1.29 is 19.7 Å². The maximum Gasteiger partial charge on any atom is 0.277 e. The highest BCUT2D eigenvalue weighted by Gasteiger charge is 2.13. The topological polar surface area (TPSA) is 91.2 Å². The second-order valence-electron chi connectivity index (χ2n) is 5.10. The van der Waals surface area contributed by atoms with Crippen molar-refractivity contribution in [1.29, 1.82) is 0 Å². The highest BCUT2D eigenvalue weighted by Crippen LogP contribution is 2.40. The number of benzene rings is 2. The Labute approximate surface area is 183 Å². The molecule has 0 aliphatic rings. The summed E-state index contributed by atoms with van der Waals surface area (Å²) in [6, 6.07) is 5.21. The summed E-state index contributed by atoms with van der Waals surface area (Å²) >= 11 is 13.0. The van der Waals surface area contributed by atoms with Gasteiger partial charge in [0.1, 0.15) is 21.7 Å². The first-order valence-electron chi connectivity index (χ1n) is 7.01. The number of nitrogens with one attached hydrogen (secondary N) is 1. The quantitative estimate of drug-likeness (QED) is 0.327. The van der Waals surface area contributed by atoms with Crippen LogP contribution in [0.1, 0.15) is 11.1 Å². The van der Waals surface area contributed by atoms with E-state index in [1.807, 2.05) is 19.1 Å². The highest BCUT2D eigenvalue weighted by molar-refractivity contribution is 9.11. The molecular formula is C16H12Br4N2O4. The third-order valence-corrected chi connectivity index (χ3v) is 5.61. The minimum atomic E-state index is -0.475. The van der Waals surface area contributed by atoms with Gasteiger partial charge in [-0.25, -0.2) is 5.43 Å². The van der Waals surface area contributed by atoms with E-state index < -0.39 is 5.91 Å². The Morgan fingerprint density at radius 3 is 2.35 bits per heavy atom. The average Bonchev–Trinajstić information content (AvgIpc) is 2.56. The smallest absolute Gasteiger partial charge is 0.277 e. The van der Waals surface area contributed by atoms with Gasteiger partial charge in [0.05, 0.1) is 19.6 Å². The number of ether oxygens (including phenoxy) is 1. The fourth-order valence-electron chi connectivity index (χ4n) is 1.88. The summed E-state index contributed by atoms with van der Waals surface area (Å²) in [6.07, 6.45) is 1.25. The molecule has 0 saturated carbocycles. The number of amides is 1. The molecule has 0 aliphatic carbocycles. The van der Waals surface area contributed by atoms with E-state index in [4.69, 9.17) is 4.74 Å². The molecule has 138 valence electrons. The van der Waals surface area contributed by atoms with E-state index in [0.29, 0.717) is 15.8 Å². The van der Waals surface area contributed by atoms with Crippen LogP contribution in [0.15, 0.2) is 41.2 Å². The number of phenols is 2. The maximum atomic E-state index is 11.9. The summed E-state index contributed by atoms with van der Waals surface area (Å²) < 4.78 is 7.43. The van der Waals surface area contributed by atoms with Crippen LogP contribution in [0, 0.1) is 6.92 Å². The third kappa shape index (κ3) is 5.21. The molecule has 0 radical (unpaired) electrons. The van der Waals surface area contributed by atoms with Gasteiger partial charge in [0, 0.05) is 5.56 Å². The molecule has 0 saturated heterocycles. The number of hydrogen-bond donors (Lipinski definition) is 3. The van der Waals surface area contributed by atoms with Crippen LogP contribution in [0.5, 0.6) is 17.2 Å². The summed E-state index contributed by atoms with van der Waals surface area (Å²) in [5, 5.41) is 23.4. The van der Waals surface area contributed by atoms with E-state index in [2.05, 4.69) is 74.2 Å². The largest absolute Gasteiger partial charge is 0.506 e. The summed E-state index contributed by atoms with van der Waals surface area (Å²) in [4.78, 5) is 11.9. The van der Waals surface area contributed by atoms with Crippen molar-refractivity contribution in [2.24, 2.45) is 5.10 Å². The Balaban J connectivity index is 1.99. The first-order chi connectivity index (χ1) is 12.2. The van der Waals surface area contributed by atoms with Gasteiger partial charge in [0.25, 0.3) is 5.91 Å². The molecule has 2 rings (SSSR count). The van der Waals surface area contributed by atoms with Gasteiger partial charge in [-0.3, -0.25) is 4.79 Å². The van der Waals surface area contributed by atoms with E-state index in [1.54, 1.807) is 0 Å². The number of phenolic OH excluding ortho intramolecular Hbond substituents is 2. The molecule has 0 bridgehead atoms. The average molecular weight is 616 g/mol. The van der Waals surface area contributed by atoms with Crippen LogP contribution in [0.3, 0.4) is 0 Å². The molecule has 0 unspecified atom stereocenters. The Morgan fingerprint density at radius 2 is 1.73 bits per heavy atom. The van der Waals surface area contributed by atoms with Crippen molar-refractivity contribution in [2.45, 2.75) is 6.92 Å². The number of nitrogens with zero attached hydrogens (tertiary/aromatic N) is 1. The minimum Gasteiger partial charge on any atom is -0.506 e. The molecule has 0 heterocycles. The summed E-state index contributed by atoms with van der Waals surface area (Å²) in [7, 11) is 0. The predicted molar refractivity (Wildman–Crippen MR) is 113 cm³/mol. The molecule has 0 spiro atoms. The van der Waals surface area contributed by atoms with Crippen LogP contribution in [-0.2, 0) is 4.79 Å².